The number of fused-ring (bicyclic) bond motifs is 3. The molecule has 1 heterocycles. The average Bonchev–Trinajstić information content (AvgIpc) is 2.52. The van der Waals surface area contributed by atoms with Crippen LogP contribution in [0.2, 0.25) is 0 Å². The molecule has 0 aromatic carbocycles. The van der Waals surface area contributed by atoms with Gasteiger partial charge < -0.3 is 5.73 Å². The number of nitrogens with two attached hydrogens (primary N) is 1. The predicted octanol–water partition coefficient (Wildman–Crippen LogP) is 1.90. The van der Waals surface area contributed by atoms with E-state index in [1.165, 1.54) is 5.57 Å². The van der Waals surface area contributed by atoms with Crippen LogP contribution in [0.15, 0.2) is 39.5 Å². The molecular formula is C11H12N3OS+. The van der Waals surface area contributed by atoms with Gasteiger partial charge in [0.15, 0.2) is 4.87 Å². The van der Waals surface area contributed by atoms with E-state index in [4.69, 9.17) is 5.73 Å². The monoisotopic (exact) mass is 234 g/mol. The number of allylic oxidation sites excluding steroid dienone is 5. The molecule has 0 fully saturated rings. The van der Waals surface area contributed by atoms with Gasteiger partial charge in [-0.05, 0) is 42.8 Å². The Balaban J connectivity index is 2.15. The Morgan fingerprint density at radius 1 is 1.56 bits per heavy atom. The number of nitroso groups, excluding NO2 is 1. The Labute approximate surface area is 97.5 Å². The van der Waals surface area contributed by atoms with E-state index in [1.54, 1.807) is 11.8 Å². The summed E-state index contributed by atoms with van der Waals surface area (Å²) in [5.74, 6) is 0.377. The SMILES string of the molecule is CC12CC=C(N)C=C1C=C1SC[N+](=O)N=C12. The largest absolute Gasteiger partial charge is 0.399 e. The van der Waals surface area contributed by atoms with Crippen LogP contribution in [0, 0.1) is 10.3 Å². The average molecular weight is 234 g/mol. The number of rotatable bonds is 0. The van der Waals surface area contributed by atoms with Crippen molar-refractivity contribution in [3.63, 3.8) is 0 Å². The first-order chi connectivity index (χ1) is 7.59. The van der Waals surface area contributed by atoms with Gasteiger partial charge in [-0.3, -0.25) is 0 Å². The lowest BCUT2D eigenvalue weighted by Crippen LogP contribution is -2.30. The highest BCUT2D eigenvalue weighted by Crippen LogP contribution is 2.49. The molecule has 0 amide bonds. The number of hydrogen-bond donors (Lipinski definition) is 1. The van der Waals surface area contributed by atoms with Gasteiger partial charge >= 0.3 is 0 Å². The van der Waals surface area contributed by atoms with Crippen LogP contribution in [0.1, 0.15) is 13.3 Å². The molecule has 1 aliphatic heterocycles. The molecular weight excluding hydrogens is 222 g/mol. The number of hydrazone groups is 1. The molecule has 1 atom stereocenters. The second-order valence-electron chi connectivity index (χ2n) is 4.42. The fourth-order valence-corrected chi connectivity index (χ4v) is 3.21. The van der Waals surface area contributed by atoms with Crippen molar-refractivity contribution in [2.75, 3.05) is 5.88 Å². The molecule has 3 rings (SSSR count). The van der Waals surface area contributed by atoms with E-state index in [-0.39, 0.29) is 5.41 Å². The summed E-state index contributed by atoms with van der Waals surface area (Å²) < 4.78 is 0. The van der Waals surface area contributed by atoms with Crippen LogP contribution in [0.4, 0.5) is 0 Å². The Morgan fingerprint density at radius 2 is 2.38 bits per heavy atom. The molecule has 5 heteroatoms. The topological polar surface area (TPSA) is 58.5 Å². The zero-order valence-electron chi connectivity index (χ0n) is 8.93. The quantitative estimate of drug-likeness (QED) is 0.651. The van der Waals surface area contributed by atoms with Gasteiger partial charge in [0.25, 0.3) is 5.88 Å². The predicted molar refractivity (Wildman–Crippen MR) is 64.7 cm³/mol. The maximum absolute atomic E-state index is 11.3. The van der Waals surface area contributed by atoms with Crippen LogP contribution < -0.4 is 5.73 Å². The van der Waals surface area contributed by atoms with Crippen LogP contribution in [0.5, 0.6) is 0 Å². The van der Waals surface area contributed by atoms with Gasteiger partial charge in [-0.25, -0.2) is 0 Å². The van der Waals surface area contributed by atoms with E-state index in [2.05, 4.69) is 18.1 Å². The molecule has 4 nitrogen and oxygen atoms in total. The molecule has 0 bridgehead atoms. The van der Waals surface area contributed by atoms with Gasteiger partial charge in [0, 0.05) is 21.1 Å². The normalized spacial score (nSPS) is 32.2. The fourth-order valence-electron chi connectivity index (χ4n) is 2.29. The van der Waals surface area contributed by atoms with Gasteiger partial charge in [0.2, 0.25) is 0 Å². The van der Waals surface area contributed by atoms with Crippen molar-refractivity contribution in [1.82, 2.24) is 0 Å². The standard InChI is InChI=1S/C11H12N3OS/c1-11-3-2-8(12)4-7(11)5-9-10(11)13-14(15)6-16-9/h2,4-5H,3,6,12H2,1H3/q+1. The highest BCUT2D eigenvalue weighted by atomic mass is 32.2. The van der Waals surface area contributed by atoms with E-state index >= 15 is 0 Å². The molecule has 0 aromatic heterocycles. The van der Waals surface area contributed by atoms with Crippen molar-refractivity contribution in [2.45, 2.75) is 13.3 Å². The van der Waals surface area contributed by atoms with E-state index in [0.717, 1.165) is 27.6 Å². The summed E-state index contributed by atoms with van der Waals surface area (Å²) in [5.41, 5.74) is 8.51. The first-order valence-corrected chi connectivity index (χ1v) is 6.14. The van der Waals surface area contributed by atoms with Crippen molar-refractivity contribution >= 4 is 17.5 Å². The summed E-state index contributed by atoms with van der Waals surface area (Å²) in [7, 11) is 0. The van der Waals surface area contributed by atoms with Gasteiger partial charge in [-0.1, -0.05) is 6.08 Å². The molecule has 0 aromatic rings. The zero-order valence-corrected chi connectivity index (χ0v) is 9.75. The van der Waals surface area contributed by atoms with Crippen molar-refractivity contribution < 1.29 is 4.87 Å². The molecule has 0 saturated heterocycles. The molecule has 2 aliphatic carbocycles. The van der Waals surface area contributed by atoms with E-state index < -0.39 is 0 Å². The number of nitrogens with zero attached hydrogens (tertiary/aromatic N) is 2. The Bertz CT molecular complexity index is 515. The van der Waals surface area contributed by atoms with Crippen LogP contribution in [0.3, 0.4) is 0 Å². The Kier molecular flexibility index (Phi) is 1.89. The molecule has 0 saturated carbocycles. The van der Waals surface area contributed by atoms with Crippen molar-refractivity contribution in [3.05, 3.63) is 39.3 Å². The minimum absolute atomic E-state index is 0.158. The van der Waals surface area contributed by atoms with E-state index in [9.17, 15) is 4.91 Å². The third kappa shape index (κ3) is 1.21. The summed E-state index contributed by atoms with van der Waals surface area (Å²) in [6.07, 6.45) is 6.90. The molecule has 16 heavy (non-hydrogen) atoms. The van der Waals surface area contributed by atoms with Crippen LogP contribution in [-0.2, 0) is 0 Å². The first-order valence-electron chi connectivity index (χ1n) is 5.16. The Morgan fingerprint density at radius 3 is 3.19 bits per heavy atom. The van der Waals surface area contributed by atoms with Gasteiger partial charge in [0.1, 0.15) is 5.71 Å². The molecule has 3 aliphatic rings. The summed E-state index contributed by atoms with van der Waals surface area (Å²) in [6.45, 7) is 2.11. The van der Waals surface area contributed by atoms with E-state index in [0.29, 0.717) is 5.88 Å². The fraction of sp³-hybridized carbons (Fsp3) is 0.364. The Hall–Kier alpha value is -1.36. The zero-order chi connectivity index (χ0) is 11.3. The van der Waals surface area contributed by atoms with Crippen LogP contribution in [0.25, 0.3) is 0 Å². The second kappa shape index (κ2) is 3.07. The minimum Gasteiger partial charge on any atom is -0.399 e. The third-order valence-corrected chi connectivity index (χ3v) is 4.26. The van der Waals surface area contributed by atoms with Crippen LogP contribution >= 0.6 is 11.8 Å². The molecule has 1 unspecified atom stereocenters. The smallest absolute Gasteiger partial charge is 0.278 e. The number of hydrogen-bond acceptors (Lipinski definition) is 3. The third-order valence-electron chi connectivity index (χ3n) is 3.29. The van der Waals surface area contributed by atoms with Gasteiger partial charge in [0.05, 0.1) is 4.91 Å². The molecule has 82 valence electrons. The maximum atomic E-state index is 11.3. The number of thioether (sulfide) groups is 1. The highest BCUT2D eigenvalue weighted by Gasteiger charge is 2.46. The molecule has 2 N–H and O–H groups in total. The lowest BCUT2D eigenvalue weighted by atomic mass is 9.76. The maximum Gasteiger partial charge on any atom is 0.278 e. The second-order valence-corrected chi connectivity index (χ2v) is 5.41. The van der Waals surface area contributed by atoms with Crippen molar-refractivity contribution in [3.8, 4) is 0 Å². The van der Waals surface area contributed by atoms with Crippen LogP contribution in [-0.4, -0.2) is 16.5 Å². The summed E-state index contributed by atoms with van der Waals surface area (Å²) in [4.78, 5) is 13.2. The van der Waals surface area contributed by atoms with Gasteiger partial charge in [-0.15, -0.1) is 0 Å². The van der Waals surface area contributed by atoms with Crippen molar-refractivity contribution in [1.29, 1.82) is 0 Å². The summed E-state index contributed by atoms with van der Waals surface area (Å²) >= 11 is 1.55. The van der Waals surface area contributed by atoms with Gasteiger partial charge in [-0.2, -0.15) is 0 Å². The minimum atomic E-state index is -0.158. The molecule has 0 spiro atoms. The lowest BCUT2D eigenvalue weighted by molar-refractivity contribution is -0.535. The highest BCUT2D eigenvalue weighted by molar-refractivity contribution is 8.03. The first kappa shape index (κ1) is 9.84. The lowest BCUT2D eigenvalue weighted by Gasteiger charge is -2.28. The summed E-state index contributed by atoms with van der Waals surface area (Å²) in [6, 6.07) is 0. The molecule has 0 radical (unpaired) electrons. The van der Waals surface area contributed by atoms with E-state index in [1.807, 2.05) is 12.2 Å². The van der Waals surface area contributed by atoms with Crippen molar-refractivity contribution in [2.24, 2.45) is 16.3 Å². The summed E-state index contributed by atoms with van der Waals surface area (Å²) in [5, 5.41) is 4.12.